The molecule has 70 valence electrons. The molecule has 1 nitrogen and oxygen atoms in total. The summed E-state index contributed by atoms with van der Waals surface area (Å²) in [5.74, 6) is 0. The van der Waals surface area contributed by atoms with Gasteiger partial charge in [0.15, 0.2) is 0 Å². The van der Waals surface area contributed by atoms with E-state index in [4.69, 9.17) is 23.2 Å². The Labute approximate surface area is 88.0 Å². The molecule has 2 rings (SSSR count). The molecule has 0 radical (unpaired) electrons. The van der Waals surface area contributed by atoms with Crippen molar-refractivity contribution in [2.24, 2.45) is 0 Å². The molecule has 1 atom stereocenters. The van der Waals surface area contributed by atoms with Crippen LogP contribution < -0.4 is 5.32 Å². The van der Waals surface area contributed by atoms with Gasteiger partial charge in [-0.15, -0.1) is 0 Å². The molecule has 0 saturated carbocycles. The second-order valence-electron chi connectivity index (χ2n) is 3.42. The molecule has 0 bridgehead atoms. The van der Waals surface area contributed by atoms with Crippen LogP contribution in [0.2, 0.25) is 10.0 Å². The molecule has 3 heteroatoms. The summed E-state index contributed by atoms with van der Waals surface area (Å²) in [5, 5.41) is 4.64. The van der Waals surface area contributed by atoms with Gasteiger partial charge in [0.1, 0.15) is 0 Å². The topological polar surface area (TPSA) is 12.0 Å². The fraction of sp³-hybridized carbons (Fsp3) is 0.400. The van der Waals surface area contributed by atoms with Crippen LogP contribution in [-0.2, 0) is 0 Å². The number of benzene rings is 1. The van der Waals surface area contributed by atoms with Crippen LogP contribution in [0.5, 0.6) is 0 Å². The summed E-state index contributed by atoms with van der Waals surface area (Å²) < 4.78 is 0. The van der Waals surface area contributed by atoms with Crippen LogP contribution in [0.3, 0.4) is 0 Å². The van der Waals surface area contributed by atoms with E-state index in [9.17, 15) is 0 Å². The number of nitrogens with one attached hydrogen (secondary N) is 1. The van der Waals surface area contributed by atoms with Crippen molar-refractivity contribution in [2.75, 3.05) is 6.54 Å². The van der Waals surface area contributed by atoms with Gasteiger partial charge in [0.05, 0.1) is 10.0 Å². The van der Waals surface area contributed by atoms with E-state index in [0.29, 0.717) is 16.1 Å². The van der Waals surface area contributed by atoms with Gasteiger partial charge in [0, 0.05) is 6.04 Å². The Kier molecular flexibility index (Phi) is 2.50. The standard InChI is InChI=1S/C10H11Cl2N/c1-6-4-8(11)9(12)5-7(6)10-2-3-13-10/h4-5,10,13H,2-3H2,1H3/t10-/m1/s1. The second-order valence-corrected chi connectivity index (χ2v) is 4.23. The lowest BCUT2D eigenvalue weighted by atomic mass is 9.94. The highest BCUT2D eigenvalue weighted by molar-refractivity contribution is 6.42. The van der Waals surface area contributed by atoms with Crippen LogP contribution in [0.4, 0.5) is 0 Å². The molecule has 0 unspecified atom stereocenters. The van der Waals surface area contributed by atoms with Crippen LogP contribution >= 0.6 is 23.2 Å². The third-order valence-corrected chi connectivity index (χ3v) is 3.23. The van der Waals surface area contributed by atoms with Crippen molar-refractivity contribution in [3.63, 3.8) is 0 Å². The SMILES string of the molecule is Cc1cc(Cl)c(Cl)cc1[C@H]1CCN1. The van der Waals surface area contributed by atoms with Gasteiger partial charge >= 0.3 is 0 Å². The first-order valence-electron chi connectivity index (χ1n) is 4.37. The van der Waals surface area contributed by atoms with Crippen molar-refractivity contribution in [3.8, 4) is 0 Å². The zero-order valence-corrected chi connectivity index (χ0v) is 8.91. The van der Waals surface area contributed by atoms with Crippen molar-refractivity contribution in [1.82, 2.24) is 5.32 Å². The lowest BCUT2D eigenvalue weighted by Gasteiger charge is -2.29. The van der Waals surface area contributed by atoms with Gasteiger partial charge in [-0.2, -0.15) is 0 Å². The zero-order valence-electron chi connectivity index (χ0n) is 7.40. The Balaban J connectivity index is 2.39. The molecule has 13 heavy (non-hydrogen) atoms. The van der Waals surface area contributed by atoms with Gasteiger partial charge in [-0.3, -0.25) is 0 Å². The molecule has 0 amide bonds. The lowest BCUT2D eigenvalue weighted by molar-refractivity contribution is 0.382. The minimum Gasteiger partial charge on any atom is -0.310 e. The van der Waals surface area contributed by atoms with Crippen LogP contribution in [0, 0.1) is 6.92 Å². The molecule has 1 aliphatic rings. The lowest BCUT2D eigenvalue weighted by Crippen LogP contribution is -2.35. The molecule has 0 aromatic heterocycles. The number of hydrogen-bond donors (Lipinski definition) is 1. The molecule has 1 aromatic carbocycles. The Morgan fingerprint density at radius 3 is 2.46 bits per heavy atom. The molecule has 1 heterocycles. The van der Waals surface area contributed by atoms with Gasteiger partial charge < -0.3 is 5.32 Å². The van der Waals surface area contributed by atoms with Crippen LogP contribution in [0.1, 0.15) is 23.6 Å². The van der Waals surface area contributed by atoms with E-state index in [1.807, 2.05) is 12.1 Å². The van der Waals surface area contributed by atoms with Gasteiger partial charge in [-0.25, -0.2) is 0 Å². The highest BCUT2D eigenvalue weighted by Gasteiger charge is 2.20. The summed E-state index contributed by atoms with van der Waals surface area (Å²) in [4.78, 5) is 0. The fourth-order valence-corrected chi connectivity index (χ4v) is 1.98. The summed E-state index contributed by atoms with van der Waals surface area (Å²) in [6.45, 7) is 3.17. The van der Waals surface area contributed by atoms with E-state index in [1.54, 1.807) is 0 Å². The number of halogens is 2. The van der Waals surface area contributed by atoms with E-state index >= 15 is 0 Å². The van der Waals surface area contributed by atoms with E-state index < -0.39 is 0 Å². The predicted molar refractivity (Wildman–Crippen MR) is 56.6 cm³/mol. The largest absolute Gasteiger partial charge is 0.310 e. The summed E-state index contributed by atoms with van der Waals surface area (Å²) in [6.07, 6.45) is 1.19. The van der Waals surface area contributed by atoms with Crippen LogP contribution in [0.15, 0.2) is 12.1 Å². The van der Waals surface area contributed by atoms with Crippen molar-refractivity contribution < 1.29 is 0 Å². The van der Waals surface area contributed by atoms with Crippen molar-refractivity contribution in [1.29, 1.82) is 0 Å². The minimum atomic E-state index is 0.481. The minimum absolute atomic E-state index is 0.481. The second kappa shape index (κ2) is 3.49. The summed E-state index contributed by atoms with van der Waals surface area (Å²) in [6, 6.07) is 4.38. The van der Waals surface area contributed by atoms with Crippen molar-refractivity contribution in [3.05, 3.63) is 33.3 Å². The molecule has 1 N–H and O–H groups in total. The van der Waals surface area contributed by atoms with Crippen molar-refractivity contribution >= 4 is 23.2 Å². The smallest absolute Gasteiger partial charge is 0.0595 e. The number of hydrogen-bond acceptors (Lipinski definition) is 1. The first-order valence-corrected chi connectivity index (χ1v) is 5.13. The number of rotatable bonds is 1. The summed E-state index contributed by atoms with van der Waals surface area (Å²) in [5.41, 5.74) is 2.49. The third kappa shape index (κ3) is 1.69. The first kappa shape index (κ1) is 9.32. The third-order valence-electron chi connectivity index (χ3n) is 2.51. The highest BCUT2D eigenvalue weighted by atomic mass is 35.5. The molecule has 1 saturated heterocycles. The highest BCUT2D eigenvalue weighted by Crippen LogP contribution is 2.32. The predicted octanol–water partition coefficient (Wildman–Crippen LogP) is 3.34. The summed E-state index contributed by atoms with van der Waals surface area (Å²) >= 11 is 11.9. The normalized spacial score (nSPS) is 21.3. The molecule has 1 aliphatic heterocycles. The van der Waals surface area contributed by atoms with E-state index in [2.05, 4.69) is 12.2 Å². The molecule has 0 spiro atoms. The summed E-state index contributed by atoms with van der Waals surface area (Å²) in [7, 11) is 0. The maximum atomic E-state index is 5.95. The average molecular weight is 216 g/mol. The fourth-order valence-electron chi connectivity index (χ4n) is 1.59. The monoisotopic (exact) mass is 215 g/mol. The molecule has 1 aromatic rings. The van der Waals surface area contributed by atoms with Gasteiger partial charge in [-0.1, -0.05) is 23.2 Å². The van der Waals surface area contributed by atoms with Gasteiger partial charge in [0.2, 0.25) is 0 Å². The van der Waals surface area contributed by atoms with Crippen molar-refractivity contribution in [2.45, 2.75) is 19.4 Å². The molecular weight excluding hydrogens is 205 g/mol. The van der Waals surface area contributed by atoms with E-state index in [0.717, 1.165) is 6.54 Å². The zero-order chi connectivity index (χ0) is 9.42. The van der Waals surface area contributed by atoms with E-state index in [-0.39, 0.29) is 0 Å². The number of aryl methyl sites for hydroxylation is 1. The Morgan fingerprint density at radius 1 is 1.31 bits per heavy atom. The Morgan fingerprint density at radius 2 is 1.92 bits per heavy atom. The maximum Gasteiger partial charge on any atom is 0.0595 e. The van der Waals surface area contributed by atoms with E-state index in [1.165, 1.54) is 17.5 Å². The molecule has 1 fully saturated rings. The Bertz CT molecular complexity index is 332. The van der Waals surface area contributed by atoms with Gasteiger partial charge in [-0.05, 0) is 43.1 Å². The maximum absolute atomic E-state index is 5.95. The molecular formula is C10H11Cl2N. The quantitative estimate of drug-likeness (QED) is 0.759. The van der Waals surface area contributed by atoms with Gasteiger partial charge in [0.25, 0.3) is 0 Å². The Hall–Kier alpha value is -0.240. The van der Waals surface area contributed by atoms with Crippen LogP contribution in [0.25, 0.3) is 0 Å². The van der Waals surface area contributed by atoms with Crippen LogP contribution in [-0.4, -0.2) is 6.54 Å². The average Bonchev–Trinajstić information content (AvgIpc) is 1.96. The molecule has 0 aliphatic carbocycles. The first-order chi connectivity index (χ1) is 6.18.